The van der Waals surface area contributed by atoms with Crippen LogP contribution in [0.1, 0.15) is 12.7 Å². The van der Waals surface area contributed by atoms with Crippen molar-refractivity contribution in [2.24, 2.45) is 5.84 Å². The van der Waals surface area contributed by atoms with Crippen LogP contribution in [0.25, 0.3) is 0 Å². The number of nitrogens with zero attached hydrogens (tertiary/aromatic N) is 2. The summed E-state index contributed by atoms with van der Waals surface area (Å²) in [7, 11) is 0. The Morgan fingerprint density at radius 3 is 2.42 bits per heavy atom. The van der Waals surface area contributed by atoms with E-state index in [1.165, 1.54) is 4.90 Å². The minimum Gasteiger partial charge on any atom is -0.340 e. The van der Waals surface area contributed by atoms with Gasteiger partial charge in [-0.05, 0) is 30.5 Å². The molecule has 0 unspecified atom stereocenters. The lowest BCUT2D eigenvalue weighted by Gasteiger charge is -2.09. The lowest BCUT2D eigenvalue weighted by molar-refractivity contribution is 0.941. The normalized spacial score (nSPS) is 10.3. The number of hydrogen-bond donors (Lipinski definition) is 3. The highest BCUT2D eigenvalue weighted by atomic mass is 32.2. The van der Waals surface area contributed by atoms with Gasteiger partial charge in [0.05, 0.1) is 0 Å². The van der Waals surface area contributed by atoms with E-state index in [0.717, 1.165) is 23.8 Å². The molecule has 0 aliphatic heterocycles. The standard InChI is InChI=1S/C13H17N5S/c1-3-11-16-12(8-13(17-11)18-14)15-9-4-6-10(19-2)7-5-9/h4-8H,3,14H2,1-2H3,(H2,15,16,17,18). The Balaban J connectivity index is 2.21. The second kappa shape index (κ2) is 6.40. The van der Waals surface area contributed by atoms with Crippen molar-refractivity contribution in [3.63, 3.8) is 0 Å². The van der Waals surface area contributed by atoms with Gasteiger partial charge in [-0.25, -0.2) is 15.8 Å². The Hall–Kier alpha value is -1.79. The molecule has 2 aromatic rings. The molecule has 4 N–H and O–H groups in total. The number of hydrogen-bond acceptors (Lipinski definition) is 6. The van der Waals surface area contributed by atoms with E-state index in [2.05, 4.69) is 39.1 Å². The summed E-state index contributed by atoms with van der Waals surface area (Å²) in [4.78, 5) is 9.89. The predicted octanol–water partition coefficient (Wildman–Crippen LogP) is 2.79. The smallest absolute Gasteiger partial charge is 0.145 e. The molecule has 6 heteroatoms. The molecule has 2 rings (SSSR count). The molecule has 100 valence electrons. The summed E-state index contributed by atoms with van der Waals surface area (Å²) in [5.74, 6) is 7.49. The van der Waals surface area contributed by atoms with Crippen LogP contribution in [0.3, 0.4) is 0 Å². The van der Waals surface area contributed by atoms with Crippen LogP contribution in [0.2, 0.25) is 0 Å². The molecular weight excluding hydrogens is 258 g/mol. The van der Waals surface area contributed by atoms with Crippen LogP contribution in [0, 0.1) is 0 Å². The highest BCUT2D eigenvalue weighted by Gasteiger charge is 2.03. The van der Waals surface area contributed by atoms with Gasteiger partial charge in [-0.2, -0.15) is 0 Å². The fraction of sp³-hybridized carbons (Fsp3) is 0.231. The molecule has 0 atom stereocenters. The molecule has 0 aliphatic carbocycles. The van der Waals surface area contributed by atoms with Gasteiger partial charge >= 0.3 is 0 Å². The molecule has 0 amide bonds. The van der Waals surface area contributed by atoms with Gasteiger partial charge in [0.25, 0.3) is 0 Å². The number of hydrazine groups is 1. The molecule has 0 spiro atoms. The van der Waals surface area contributed by atoms with E-state index in [1.807, 2.05) is 19.1 Å². The lowest BCUT2D eigenvalue weighted by Crippen LogP contribution is -2.11. The summed E-state index contributed by atoms with van der Waals surface area (Å²) in [5, 5.41) is 3.25. The van der Waals surface area contributed by atoms with E-state index >= 15 is 0 Å². The summed E-state index contributed by atoms with van der Waals surface area (Å²) in [6.45, 7) is 2.01. The molecule has 0 saturated carbocycles. The number of rotatable bonds is 5. The van der Waals surface area contributed by atoms with Gasteiger partial charge in [-0.15, -0.1) is 11.8 Å². The second-order valence-corrected chi connectivity index (χ2v) is 4.79. The molecule has 0 bridgehead atoms. The highest BCUT2D eigenvalue weighted by Crippen LogP contribution is 2.21. The number of nitrogens with one attached hydrogen (secondary N) is 2. The van der Waals surface area contributed by atoms with Gasteiger partial charge in [0, 0.05) is 23.1 Å². The van der Waals surface area contributed by atoms with Gasteiger partial charge in [0.15, 0.2) is 0 Å². The number of nitrogens with two attached hydrogens (primary N) is 1. The van der Waals surface area contributed by atoms with Crippen molar-refractivity contribution in [3.05, 3.63) is 36.2 Å². The van der Waals surface area contributed by atoms with Crippen molar-refractivity contribution < 1.29 is 0 Å². The first-order valence-electron chi connectivity index (χ1n) is 6.00. The quantitative estimate of drug-likeness (QED) is 0.442. The number of benzene rings is 1. The van der Waals surface area contributed by atoms with Crippen molar-refractivity contribution in [2.45, 2.75) is 18.2 Å². The monoisotopic (exact) mass is 275 g/mol. The molecule has 5 nitrogen and oxygen atoms in total. The van der Waals surface area contributed by atoms with E-state index in [4.69, 9.17) is 5.84 Å². The topological polar surface area (TPSA) is 75.9 Å². The van der Waals surface area contributed by atoms with Gasteiger partial charge in [-0.3, -0.25) is 0 Å². The first-order chi connectivity index (χ1) is 9.25. The summed E-state index contributed by atoms with van der Waals surface area (Å²) in [6, 6.07) is 9.96. The molecule has 0 saturated heterocycles. The van der Waals surface area contributed by atoms with Crippen molar-refractivity contribution >= 4 is 29.1 Å². The largest absolute Gasteiger partial charge is 0.340 e. The number of aryl methyl sites for hydroxylation is 1. The van der Waals surface area contributed by atoms with Gasteiger partial charge in [0.1, 0.15) is 17.5 Å². The zero-order valence-electron chi connectivity index (χ0n) is 11.0. The van der Waals surface area contributed by atoms with Crippen molar-refractivity contribution in [2.75, 3.05) is 17.0 Å². The van der Waals surface area contributed by atoms with Crippen LogP contribution in [0.15, 0.2) is 35.2 Å². The van der Waals surface area contributed by atoms with Crippen molar-refractivity contribution in [1.82, 2.24) is 9.97 Å². The van der Waals surface area contributed by atoms with Crippen LogP contribution in [0.5, 0.6) is 0 Å². The zero-order valence-corrected chi connectivity index (χ0v) is 11.8. The first kappa shape index (κ1) is 13.6. The van der Waals surface area contributed by atoms with Gasteiger partial charge in [-0.1, -0.05) is 6.92 Å². The maximum atomic E-state index is 5.40. The number of nitrogen functional groups attached to an aromatic ring is 1. The molecule has 1 heterocycles. The summed E-state index contributed by atoms with van der Waals surface area (Å²) in [5.41, 5.74) is 3.54. The fourth-order valence-electron chi connectivity index (χ4n) is 1.62. The number of thioether (sulfide) groups is 1. The SMILES string of the molecule is CCc1nc(NN)cc(Nc2ccc(SC)cc2)n1. The van der Waals surface area contributed by atoms with Crippen LogP contribution in [-0.2, 0) is 6.42 Å². The summed E-state index contributed by atoms with van der Waals surface area (Å²) < 4.78 is 0. The third kappa shape index (κ3) is 3.59. The first-order valence-corrected chi connectivity index (χ1v) is 7.23. The molecular formula is C13H17N5S. The molecule has 0 aliphatic rings. The zero-order chi connectivity index (χ0) is 13.7. The molecule has 19 heavy (non-hydrogen) atoms. The van der Waals surface area contributed by atoms with Crippen LogP contribution in [0.4, 0.5) is 17.3 Å². The molecule has 1 aromatic carbocycles. The third-order valence-corrected chi connectivity index (χ3v) is 3.34. The maximum absolute atomic E-state index is 5.40. The van der Waals surface area contributed by atoms with Crippen molar-refractivity contribution in [3.8, 4) is 0 Å². The Morgan fingerprint density at radius 1 is 1.16 bits per heavy atom. The molecule has 1 aromatic heterocycles. The average molecular weight is 275 g/mol. The van der Waals surface area contributed by atoms with Crippen LogP contribution >= 0.6 is 11.8 Å². The Bertz CT molecular complexity index is 519. The Labute approximate surface area is 117 Å². The fourth-order valence-corrected chi connectivity index (χ4v) is 2.02. The minimum absolute atomic E-state index is 0.607. The second-order valence-electron chi connectivity index (χ2n) is 3.91. The lowest BCUT2D eigenvalue weighted by atomic mass is 10.3. The third-order valence-electron chi connectivity index (χ3n) is 2.60. The van der Waals surface area contributed by atoms with E-state index in [0.29, 0.717) is 5.82 Å². The van der Waals surface area contributed by atoms with Gasteiger partial charge < -0.3 is 10.7 Å². The Kier molecular flexibility index (Phi) is 4.59. The van der Waals surface area contributed by atoms with E-state index in [-0.39, 0.29) is 0 Å². The number of aromatic nitrogens is 2. The van der Waals surface area contributed by atoms with Gasteiger partial charge in [0.2, 0.25) is 0 Å². The highest BCUT2D eigenvalue weighted by molar-refractivity contribution is 7.98. The van der Waals surface area contributed by atoms with E-state index in [9.17, 15) is 0 Å². The molecule has 0 radical (unpaired) electrons. The van der Waals surface area contributed by atoms with Crippen LogP contribution in [-0.4, -0.2) is 16.2 Å². The summed E-state index contributed by atoms with van der Waals surface area (Å²) in [6.07, 6.45) is 2.81. The number of anilines is 3. The summed E-state index contributed by atoms with van der Waals surface area (Å²) >= 11 is 1.72. The average Bonchev–Trinajstić information content (AvgIpc) is 2.47. The molecule has 0 fully saturated rings. The predicted molar refractivity (Wildman–Crippen MR) is 80.7 cm³/mol. The Morgan fingerprint density at radius 2 is 1.84 bits per heavy atom. The van der Waals surface area contributed by atoms with Crippen LogP contribution < -0.4 is 16.6 Å². The van der Waals surface area contributed by atoms with Crippen molar-refractivity contribution in [1.29, 1.82) is 0 Å². The minimum atomic E-state index is 0.607. The van der Waals surface area contributed by atoms with E-state index in [1.54, 1.807) is 17.8 Å². The maximum Gasteiger partial charge on any atom is 0.145 e. The van der Waals surface area contributed by atoms with E-state index < -0.39 is 0 Å².